The van der Waals surface area contributed by atoms with Gasteiger partial charge in [0.2, 0.25) is 0 Å². The number of aliphatic hydroxyl groups excluding tert-OH is 1. The zero-order chi connectivity index (χ0) is 14.0. The van der Waals surface area contributed by atoms with E-state index in [0.29, 0.717) is 0 Å². The first kappa shape index (κ1) is 13.9. The molecule has 1 aliphatic rings. The maximum Gasteiger partial charge on any atom is 0.330 e. The van der Waals surface area contributed by atoms with Gasteiger partial charge in [0.15, 0.2) is 6.23 Å². The Morgan fingerprint density at radius 1 is 1.47 bits per heavy atom. The highest BCUT2D eigenvalue weighted by molar-refractivity contribution is 4.93. The van der Waals surface area contributed by atoms with E-state index in [1.807, 2.05) is 0 Å². The van der Waals surface area contributed by atoms with Crippen LogP contribution in [0.1, 0.15) is 6.23 Å². The Bertz CT molecular complexity index is 538. The van der Waals surface area contributed by atoms with Crippen LogP contribution in [0.2, 0.25) is 0 Å². The molecule has 8 heteroatoms. The first-order valence-corrected chi connectivity index (χ1v) is 5.75. The zero-order valence-electron chi connectivity index (χ0n) is 10.6. The molecule has 0 aliphatic carbocycles. The van der Waals surface area contributed by atoms with Crippen LogP contribution in [0.15, 0.2) is 21.9 Å². The van der Waals surface area contributed by atoms with Gasteiger partial charge in [0.05, 0.1) is 6.61 Å². The lowest BCUT2D eigenvalue weighted by Crippen LogP contribution is -2.38. The molecule has 1 saturated heterocycles. The average Bonchev–Trinajstić information content (AvgIpc) is 2.67. The number of aromatic nitrogens is 2. The van der Waals surface area contributed by atoms with Gasteiger partial charge in [-0.05, 0) is 0 Å². The van der Waals surface area contributed by atoms with Gasteiger partial charge in [0, 0.05) is 26.5 Å². The minimum Gasteiger partial charge on any atom is -0.387 e. The molecule has 4 atom stereocenters. The van der Waals surface area contributed by atoms with E-state index in [9.17, 15) is 14.7 Å². The van der Waals surface area contributed by atoms with Crippen molar-refractivity contribution in [3.8, 4) is 0 Å². The third kappa shape index (κ3) is 2.61. The van der Waals surface area contributed by atoms with Crippen molar-refractivity contribution in [1.29, 1.82) is 0 Å². The Balaban J connectivity index is 2.32. The van der Waals surface area contributed by atoms with E-state index in [2.05, 4.69) is 4.98 Å². The lowest BCUT2D eigenvalue weighted by Gasteiger charge is -2.19. The molecule has 0 bridgehead atoms. The van der Waals surface area contributed by atoms with Crippen molar-refractivity contribution in [2.45, 2.75) is 24.5 Å². The van der Waals surface area contributed by atoms with Gasteiger partial charge in [0.25, 0.3) is 5.56 Å². The molecule has 8 nitrogen and oxygen atoms in total. The van der Waals surface area contributed by atoms with E-state index < -0.39 is 35.8 Å². The zero-order valence-corrected chi connectivity index (χ0v) is 10.6. The van der Waals surface area contributed by atoms with Gasteiger partial charge < -0.3 is 19.3 Å². The lowest BCUT2D eigenvalue weighted by molar-refractivity contribution is -0.0669. The minimum absolute atomic E-state index is 0.176. The summed E-state index contributed by atoms with van der Waals surface area (Å²) in [5.41, 5.74) is -1.12. The minimum atomic E-state index is -0.922. The number of H-pyrrole nitrogens is 1. The standard InChI is InChI=1S/C11H16N2O6/c1-17-5-6-8(15)9(18-2)10(19-6)13-4-3-7(14)12-11(13)16/h3-4,6,8-10,15H,5H2,1-2H3,(H,12,14,16). The molecular weight excluding hydrogens is 256 g/mol. The van der Waals surface area contributed by atoms with Crippen LogP contribution >= 0.6 is 0 Å². The van der Waals surface area contributed by atoms with Gasteiger partial charge >= 0.3 is 5.69 Å². The fourth-order valence-electron chi connectivity index (χ4n) is 2.13. The van der Waals surface area contributed by atoms with E-state index in [0.717, 1.165) is 0 Å². The van der Waals surface area contributed by atoms with Crippen molar-refractivity contribution in [2.75, 3.05) is 20.8 Å². The molecule has 0 spiro atoms. The number of methoxy groups -OCH3 is 2. The van der Waals surface area contributed by atoms with E-state index in [-0.39, 0.29) is 6.61 Å². The summed E-state index contributed by atoms with van der Waals surface area (Å²) in [5.74, 6) is 0. The highest BCUT2D eigenvalue weighted by Crippen LogP contribution is 2.30. The van der Waals surface area contributed by atoms with E-state index >= 15 is 0 Å². The molecule has 0 saturated carbocycles. The van der Waals surface area contributed by atoms with Crippen LogP contribution in [0.5, 0.6) is 0 Å². The summed E-state index contributed by atoms with van der Waals surface area (Å²) in [5, 5.41) is 10.0. The van der Waals surface area contributed by atoms with Crippen molar-refractivity contribution in [2.24, 2.45) is 0 Å². The molecule has 19 heavy (non-hydrogen) atoms. The Kier molecular flexibility index (Phi) is 4.15. The smallest absolute Gasteiger partial charge is 0.330 e. The molecule has 2 N–H and O–H groups in total. The number of nitrogens with one attached hydrogen (secondary N) is 1. The SMILES string of the molecule is COCC1OC(n2ccc(=O)[nH]c2=O)C(OC)C1O. The van der Waals surface area contributed by atoms with Crippen LogP contribution in [-0.4, -0.2) is 53.8 Å². The first-order valence-electron chi connectivity index (χ1n) is 5.75. The van der Waals surface area contributed by atoms with Crippen LogP contribution in [0.25, 0.3) is 0 Å². The van der Waals surface area contributed by atoms with E-state index in [1.165, 1.54) is 31.0 Å². The topological polar surface area (TPSA) is 103 Å². The number of hydrogen-bond donors (Lipinski definition) is 2. The van der Waals surface area contributed by atoms with Crippen molar-refractivity contribution < 1.29 is 19.3 Å². The van der Waals surface area contributed by atoms with Gasteiger partial charge in [-0.25, -0.2) is 4.79 Å². The summed E-state index contributed by atoms with van der Waals surface area (Å²) in [4.78, 5) is 24.9. The van der Waals surface area contributed by atoms with Gasteiger partial charge in [-0.3, -0.25) is 14.3 Å². The van der Waals surface area contributed by atoms with Gasteiger partial charge in [-0.1, -0.05) is 0 Å². The maximum atomic E-state index is 11.7. The summed E-state index contributed by atoms with van der Waals surface area (Å²) in [7, 11) is 2.90. The largest absolute Gasteiger partial charge is 0.387 e. The first-order chi connectivity index (χ1) is 9.08. The monoisotopic (exact) mass is 272 g/mol. The van der Waals surface area contributed by atoms with Gasteiger partial charge in [-0.15, -0.1) is 0 Å². The van der Waals surface area contributed by atoms with Crippen molar-refractivity contribution in [3.05, 3.63) is 33.1 Å². The van der Waals surface area contributed by atoms with E-state index in [4.69, 9.17) is 14.2 Å². The molecule has 1 aliphatic heterocycles. The van der Waals surface area contributed by atoms with Crippen molar-refractivity contribution >= 4 is 0 Å². The van der Waals surface area contributed by atoms with Gasteiger partial charge in [0.1, 0.15) is 18.3 Å². The highest BCUT2D eigenvalue weighted by atomic mass is 16.6. The lowest BCUT2D eigenvalue weighted by atomic mass is 10.1. The third-order valence-corrected chi connectivity index (χ3v) is 3.04. The molecule has 1 aromatic heterocycles. The molecule has 2 rings (SSSR count). The quantitative estimate of drug-likeness (QED) is 0.688. The molecule has 2 heterocycles. The molecule has 106 valence electrons. The molecule has 1 fully saturated rings. The van der Waals surface area contributed by atoms with Gasteiger partial charge in [-0.2, -0.15) is 0 Å². The number of hydrogen-bond acceptors (Lipinski definition) is 6. The second-order valence-electron chi connectivity index (χ2n) is 4.23. The predicted octanol–water partition coefficient (Wildman–Crippen LogP) is -1.54. The summed E-state index contributed by atoms with van der Waals surface area (Å²) in [6.45, 7) is 0.176. The van der Waals surface area contributed by atoms with Crippen molar-refractivity contribution in [3.63, 3.8) is 0 Å². The molecule has 0 radical (unpaired) electrons. The summed E-state index contributed by atoms with van der Waals surface area (Å²) < 4.78 is 16.8. The Morgan fingerprint density at radius 2 is 2.21 bits per heavy atom. The van der Waals surface area contributed by atoms with Crippen LogP contribution in [0.4, 0.5) is 0 Å². The highest BCUT2D eigenvalue weighted by Gasteiger charge is 2.45. The summed E-state index contributed by atoms with van der Waals surface area (Å²) in [6.07, 6.45) is -1.75. The normalized spacial score (nSPS) is 30.7. The molecule has 0 aromatic carbocycles. The Hall–Kier alpha value is -1.48. The molecular formula is C11H16N2O6. The number of aromatic amines is 1. The van der Waals surface area contributed by atoms with Crippen molar-refractivity contribution in [1.82, 2.24) is 9.55 Å². The average molecular weight is 272 g/mol. The maximum absolute atomic E-state index is 11.7. The number of aliphatic hydroxyl groups is 1. The second-order valence-corrected chi connectivity index (χ2v) is 4.23. The number of rotatable bonds is 4. The molecule has 4 unspecified atom stereocenters. The predicted molar refractivity (Wildman–Crippen MR) is 63.9 cm³/mol. The second kappa shape index (κ2) is 5.66. The molecule has 0 amide bonds. The fraction of sp³-hybridized carbons (Fsp3) is 0.636. The fourth-order valence-corrected chi connectivity index (χ4v) is 2.13. The summed E-state index contributed by atoms with van der Waals surface area (Å²) in [6, 6.07) is 1.20. The van der Waals surface area contributed by atoms with Crippen LogP contribution in [0, 0.1) is 0 Å². The number of nitrogens with zero attached hydrogens (tertiary/aromatic N) is 1. The number of ether oxygens (including phenoxy) is 3. The van der Waals surface area contributed by atoms with E-state index in [1.54, 1.807) is 0 Å². The van der Waals surface area contributed by atoms with Crippen LogP contribution in [-0.2, 0) is 14.2 Å². The molecule has 1 aromatic rings. The Morgan fingerprint density at radius 3 is 2.79 bits per heavy atom. The summed E-state index contributed by atoms with van der Waals surface area (Å²) >= 11 is 0. The third-order valence-electron chi connectivity index (χ3n) is 3.04. The van der Waals surface area contributed by atoms with Crippen LogP contribution in [0.3, 0.4) is 0 Å². The Labute approximate surface area is 108 Å². The van der Waals surface area contributed by atoms with Crippen LogP contribution < -0.4 is 11.2 Å².